The summed E-state index contributed by atoms with van der Waals surface area (Å²) in [5.74, 6) is 0. The lowest BCUT2D eigenvalue weighted by Crippen LogP contribution is -2.32. The summed E-state index contributed by atoms with van der Waals surface area (Å²) >= 11 is 1.78. The molecule has 1 spiro atoms. The zero-order chi connectivity index (χ0) is 45.7. The van der Waals surface area contributed by atoms with Gasteiger partial charge in [0.15, 0.2) is 0 Å². The van der Waals surface area contributed by atoms with Crippen LogP contribution in [0.2, 0.25) is 0 Å². The van der Waals surface area contributed by atoms with Crippen LogP contribution in [0, 0.1) is 0 Å². The minimum absolute atomic E-state index is 0.117. The molecule has 2 aliphatic carbocycles. The summed E-state index contributed by atoms with van der Waals surface area (Å²) in [6, 6.07) is 62.4. The molecule has 0 saturated carbocycles. The quantitative estimate of drug-likeness (QED) is 0.172. The van der Waals surface area contributed by atoms with E-state index in [9.17, 15) is 6.85 Å². The Morgan fingerprint density at radius 2 is 1.08 bits per heavy atom. The highest BCUT2D eigenvalue weighted by atomic mass is 32.1. The highest BCUT2D eigenvalue weighted by Crippen LogP contribution is 2.62. The molecule has 0 bridgehead atoms. The van der Waals surface area contributed by atoms with Gasteiger partial charge in [-0.15, -0.1) is 11.3 Å². The number of hydrogen-bond donors (Lipinski definition) is 0. The van der Waals surface area contributed by atoms with E-state index in [4.69, 9.17) is 1.37 Å². The molecule has 2 heterocycles. The molecule has 0 N–H and O–H groups in total. The Labute approximate surface area is 371 Å². The minimum atomic E-state index is -1.19. The summed E-state index contributed by atoms with van der Waals surface area (Å²) < 4.78 is 60.8. The molecule has 0 amide bonds. The van der Waals surface area contributed by atoms with E-state index < -0.39 is 5.41 Å². The van der Waals surface area contributed by atoms with Gasteiger partial charge in [0.05, 0.1) is 30.4 Å². The molecule has 2 aromatic heterocycles. The summed E-state index contributed by atoms with van der Waals surface area (Å²) in [7, 11) is 0. The van der Waals surface area contributed by atoms with Crippen molar-refractivity contribution >= 4 is 81.1 Å². The Balaban J connectivity index is 1.13. The predicted octanol–water partition coefficient (Wildman–Crippen LogP) is 16.1. The van der Waals surface area contributed by atoms with E-state index in [1.165, 1.54) is 14.8 Å². The maximum Gasteiger partial charge on any atom is 0.0726 e. The minimum Gasteiger partial charge on any atom is -0.310 e. The topological polar surface area (TPSA) is 8.17 Å². The normalized spacial score (nSPS) is 16.2. The average Bonchev–Trinajstić information content (AvgIpc) is 4.02. The molecule has 1 unspecified atom stereocenters. The van der Waals surface area contributed by atoms with Crippen LogP contribution in [-0.2, 0) is 5.41 Å². The summed E-state index contributed by atoms with van der Waals surface area (Å²) in [6.07, 6.45) is 0. The molecule has 3 heteroatoms. The first-order valence-corrected chi connectivity index (χ1v) is 21.8. The van der Waals surface area contributed by atoms with E-state index in [-0.39, 0.29) is 41.6 Å². The van der Waals surface area contributed by atoms with Gasteiger partial charge in [-0.1, -0.05) is 158 Å². The SMILES string of the molecule is [2H]c1c([2H])c2c3c(c([2H])c([2H])c([2H])c3c1[2H])C1(c3ccccc3-c3ccc(N(c4ccc5c6ccccc6n(-c6ccccc6)c5c4)c4cccc5sc6ccccc6c45)cc31)c1ccccc1-2. The fourth-order valence-corrected chi connectivity index (χ4v) is 12.0. The third-order valence-corrected chi connectivity index (χ3v) is 14.4. The maximum absolute atomic E-state index is 9.94. The lowest BCUT2D eigenvalue weighted by atomic mass is 9.61. The molecule has 0 fully saturated rings. The van der Waals surface area contributed by atoms with Crippen molar-refractivity contribution in [2.45, 2.75) is 5.41 Å². The standard InChI is InChI=1S/C59H36N2S/c1-2-17-38(18-3-1)61-52-27-10-6-21-44(52)45-34-32-40(36-54(45)61)60(53-28-14-30-56-58(53)47-22-7-11-29-55(47)62-56)39-31-33-43-41-19-4-8-24-48(41)59(51(43)35-39)49-25-9-5-20-42(49)46-23-12-15-37-16-13-26-50(59)57(37)46/h1-36H/i12D,13D,15D,16D,23D,26D. The van der Waals surface area contributed by atoms with Gasteiger partial charge in [-0.3, -0.25) is 0 Å². The van der Waals surface area contributed by atoms with Gasteiger partial charge in [0.2, 0.25) is 0 Å². The van der Waals surface area contributed by atoms with Crippen molar-refractivity contribution in [1.29, 1.82) is 0 Å². The van der Waals surface area contributed by atoms with Gasteiger partial charge in [0.25, 0.3) is 0 Å². The summed E-state index contributed by atoms with van der Waals surface area (Å²) in [4.78, 5) is 2.36. The van der Waals surface area contributed by atoms with Crippen LogP contribution in [0.4, 0.5) is 17.1 Å². The van der Waals surface area contributed by atoms with Gasteiger partial charge in [-0.05, 0) is 116 Å². The van der Waals surface area contributed by atoms with Gasteiger partial charge in [0, 0.05) is 48.0 Å². The Morgan fingerprint density at radius 1 is 0.435 bits per heavy atom. The van der Waals surface area contributed by atoms with Crippen LogP contribution in [0.5, 0.6) is 0 Å². The molecule has 62 heavy (non-hydrogen) atoms. The summed E-state index contributed by atoms with van der Waals surface area (Å²) in [5.41, 5.74) is 11.2. The zero-order valence-electron chi connectivity index (χ0n) is 39.1. The van der Waals surface area contributed by atoms with Crippen molar-refractivity contribution in [1.82, 2.24) is 4.57 Å². The maximum atomic E-state index is 9.94. The first-order chi connectivity index (χ1) is 33.3. The van der Waals surface area contributed by atoms with Gasteiger partial charge < -0.3 is 9.47 Å². The molecular weight excluding hydrogens is 769 g/mol. The fourth-order valence-electron chi connectivity index (χ4n) is 10.9. The highest BCUT2D eigenvalue weighted by molar-refractivity contribution is 7.26. The Kier molecular flexibility index (Phi) is 5.86. The number of nitrogens with zero attached hydrogens (tertiary/aromatic N) is 2. The highest BCUT2D eigenvalue weighted by Gasteiger charge is 2.50. The van der Waals surface area contributed by atoms with Crippen LogP contribution in [0.1, 0.15) is 30.5 Å². The fraction of sp³-hybridized carbons (Fsp3) is 0.0169. The van der Waals surface area contributed by atoms with Gasteiger partial charge in [-0.2, -0.15) is 0 Å². The number of aromatic nitrogens is 1. The Bertz CT molecular complexity index is 4190. The number of para-hydroxylation sites is 2. The van der Waals surface area contributed by atoms with E-state index in [1.807, 2.05) is 36.4 Å². The van der Waals surface area contributed by atoms with Crippen molar-refractivity contribution in [3.8, 4) is 27.9 Å². The number of anilines is 3. The molecule has 0 aliphatic heterocycles. The Morgan fingerprint density at radius 3 is 1.94 bits per heavy atom. The molecule has 0 saturated heterocycles. The zero-order valence-corrected chi connectivity index (χ0v) is 33.9. The van der Waals surface area contributed by atoms with Crippen molar-refractivity contribution in [3.05, 3.63) is 240 Å². The van der Waals surface area contributed by atoms with E-state index >= 15 is 0 Å². The van der Waals surface area contributed by atoms with Crippen LogP contribution in [-0.4, -0.2) is 4.57 Å². The van der Waals surface area contributed by atoms with Crippen LogP contribution in [0.15, 0.2) is 218 Å². The first kappa shape index (κ1) is 28.7. The number of hydrogen-bond acceptors (Lipinski definition) is 2. The molecule has 2 nitrogen and oxygen atoms in total. The predicted molar refractivity (Wildman–Crippen MR) is 262 cm³/mol. The van der Waals surface area contributed by atoms with Gasteiger partial charge in [0.1, 0.15) is 0 Å². The third kappa shape index (κ3) is 4.42. The van der Waals surface area contributed by atoms with Crippen molar-refractivity contribution < 1.29 is 8.22 Å². The lowest BCUT2D eigenvalue weighted by Gasteiger charge is -2.40. The van der Waals surface area contributed by atoms with Crippen LogP contribution in [0.3, 0.4) is 0 Å². The van der Waals surface area contributed by atoms with Crippen LogP contribution < -0.4 is 4.90 Å². The number of rotatable bonds is 4. The lowest BCUT2D eigenvalue weighted by molar-refractivity contribution is 0.773. The van der Waals surface area contributed by atoms with Gasteiger partial charge >= 0.3 is 0 Å². The number of thiophene rings is 1. The third-order valence-electron chi connectivity index (χ3n) is 13.3. The molecule has 10 aromatic carbocycles. The van der Waals surface area contributed by atoms with Crippen LogP contribution >= 0.6 is 11.3 Å². The van der Waals surface area contributed by atoms with E-state index in [0.29, 0.717) is 16.5 Å². The molecule has 0 radical (unpaired) electrons. The molecule has 14 rings (SSSR count). The van der Waals surface area contributed by atoms with Crippen molar-refractivity contribution in [3.63, 3.8) is 0 Å². The number of fused-ring (bicyclic) bond motifs is 15. The largest absolute Gasteiger partial charge is 0.310 e. The Hall–Kier alpha value is -7.72. The molecule has 12 aromatic rings. The average molecular weight is 811 g/mol. The molecule has 1 atom stereocenters. The van der Waals surface area contributed by atoms with E-state index in [0.717, 1.165) is 83.3 Å². The summed E-state index contributed by atoms with van der Waals surface area (Å²) in [5, 5.41) is 5.18. The molecule has 2 aliphatic rings. The second-order valence-corrected chi connectivity index (χ2v) is 17.4. The molecular formula is C59H36N2S. The second kappa shape index (κ2) is 12.7. The van der Waals surface area contributed by atoms with E-state index in [1.54, 1.807) is 11.3 Å². The van der Waals surface area contributed by atoms with Crippen LogP contribution in [0.25, 0.3) is 80.7 Å². The summed E-state index contributed by atoms with van der Waals surface area (Å²) in [6.45, 7) is 0. The smallest absolute Gasteiger partial charge is 0.0726 e. The van der Waals surface area contributed by atoms with Gasteiger partial charge in [-0.25, -0.2) is 0 Å². The monoisotopic (exact) mass is 810 g/mol. The second-order valence-electron chi connectivity index (χ2n) is 16.3. The van der Waals surface area contributed by atoms with Crippen molar-refractivity contribution in [2.24, 2.45) is 0 Å². The number of benzene rings is 10. The van der Waals surface area contributed by atoms with Crippen molar-refractivity contribution in [2.75, 3.05) is 4.90 Å². The first-order valence-electron chi connectivity index (χ1n) is 23.9. The molecule has 288 valence electrons. The van der Waals surface area contributed by atoms with E-state index in [2.05, 4.69) is 155 Å².